The number of amides is 1. The molecule has 1 fully saturated rings. The Labute approximate surface area is 146 Å². The van der Waals surface area contributed by atoms with Crippen molar-refractivity contribution in [1.82, 2.24) is 10.2 Å². The monoisotopic (exact) mass is 332 g/mol. The molecule has 0 spiro atoms. The third kappa shape index (κ3) is 5.91. The number of nitrogens with zero attached hydrogens (tertiary/aromatic N) is 1. The van der Waals surface area contributed by atoms with Gasteiger partial charge in [0.2, 0.25) is 5.91 Å². The second kappa shape index (κ2) is 9.19. The summed E-state index contributed by atoms with van der Waals surface area (Å²) in [6.45, 7) is 6.82. The zero-order chi connectivity index (χ0) is 17.4. The second-order valence-corrected chi connectivity index (χ2v) is 7.68. The fraction of sp³-hybridized carbons (Fsp3) is 0.650. The molecule has 2 rings (SSSR count). The molecule has 24 heavy (non-hydrogen) atoms. The van der Waals surface area contributed by atoms with Gasteiger partial charge in [-0.25, -0.2) is 0 Å². The van der Waals surface area contributed by atoms with Gasteiger partial charge in [-0.05, 0) is 43.2 Å². The van der Waals surface area contributed by atoms with Crippen LogP contribution in [0.4, 0.5) is 0 Å². The molecule has 2 N–H and O–H groups in total. The van der Waals surface area contributed by atoms with Gasteiger partial charge in [-0.1, -0.05) is 50.6 Å². The van der Waals surface area contributed by atoms with E-state index in [1.807, 2.05) is 6.07 Å². The molecule has 1 heterocycles. The zero-order valence-corrected chi connectivity index (χ0v) is 15.1. The van der Waals surface area contributed by atoms with Crippen LogP contribution in [-0.4, -0.2) is 41.7 Å². The first-order chi connectivity index (χ1) is 11.5. The predicted octanol–water partition coefficient (Wildman–Crippen LogP) is 2.96. The van der Waals surface area contributed by atoms with E-state index in [4.69, 9.17) is 0 Å². The van der Waals surface area contributed by atoms with Crippen molar-refractivity contribution in [3.8, 4) is 0 Å². The van der Waals surface area contributed by atoms with E-state index in [1.165, 1.54) is 12.0 Å². The molecule has 1 aliphatic rings. The first kappa shape index (κ1) is 18.9. The number of benzene rings is 1. The summed E-state index contributed by atoms with van der Waals surface area (Å²) in [4.78, 5) is 14.9. The van der Waals surface area contributed by atoms with Crippen LogP contribution in [0.25, 0.3) is 0 Å². The van der Waals surface area contributed by atoms with Gasteiger partial charge < -0.3 is 10.4 Å². The Morgan fingerprint density at radius 1 is 1.29 bits per heavy atom. The highest BCUT2D eigenvalue weighted by Gasteiger charge is 2.28. The number of aliphatic hydroxyl groups is 1. The Kier molecular flexibility index (Phi) is 7.25. The molecule has 0 aromatic heterocycles. The van der Waals surface area contributed by atoms with Gasteiger partial charge in [-0.15, -0.1) is 0 Å². The third-order valence-corrected chi connectivity index (χ3v) is 4.90. The Hall–Kier alpha value is -1.39. The molecule has 0 saturated carbocycles. The molecule has 0 radical (unpaired) electrons. The number of nitrogens with one attached hydrogen (secondary N) is 1. The van der Waals surface area contributed by atoms with Crippen LogP contribution >= 0.6 is 0 Å². The SMILES string of the molecule is CC(C)(CO)CCCNC(=O)C1CCCCN1Cc1ccccc1. The predicted molar refractivity (Wildman–Crippen MR) is 97.6 cm³/mol. The maximum Gasteiger partial charge on any atom is 0.237 e. The highest BCUT2D eigenvalue weighted by molar-refractivity contribution is 5.81. The quantitative estimate of drug-likeness (QED) is 0.720. The molecule has 1 atom stereocenters. The zero-order valence-electron chi connectivity index (χ0n) is 15.1. The molecule has 1 aromatic carbocycles. The number of hydrogen-bond donors (Lipinski definition) is 2. The number of carbonyl (C=O) groups is 1. The molecule has 0 bridgehead atoms. The maximum atomic E-state index is 12.6. The van der Waals surface area contributed by atoms with Gasteiger partial charge >= 0.3 is 0 Å². The molecular formula is C20H32N2O2. The number of piperidine rings is 1. The largest absolute Gasteiger partial charge is 0.396 e. The number of hydrogen-bond acceptors (Lipinski definition) is 3. The van der Waals surface area contributed by atoms with E-state index in [2.05, 4.69) is 48.3 Å². The van der Waals surface area contributed by atoms with Gasteiger partial charge in [0.25, 0.3) is 0 Å². The van der Waals surface area contributed by atoms with Gasteiger partial charge in [-0.2, -0.15) is 0 Å². The molecule has 1 saturated heterocycles. The minimum Gasteiger partial charge on any atom is -0.396 e. The second-order valence-electron chi connectivity index (χ2n) is 7.68. The van der Waals surface area contributed by atoms with Crippen molar-refractivity contribution < 1.29 is 9.90 Å². The van der Waals surface area contributed by atoms with E-state index in [9.17, 15) is 9.90 Å². The Morgan fingerprint density at radius 2 is 2.04 bits per heavy atom. The van der Waals surface area contributed by atoms with Gasteiger partial charge in [0.15, 0.2) is 0 Å². The molecule has 1 unspecified atom stereocenters. The summed E-state index contributed by atoms with van der Waals surface area (Å²) in [5, 5.41) is 12.4. The van der Waals surface area contributed by atoms with Crippen LogP contribution in [0.3, 0.4) is 0 Å². The highest BCUT2D eigenvalue weighted by atomic mass is 16.3. The lowest BCUT2D eigenvalue weighted by atomic mass is 9.89. The molecule has 1 amide bonds. The summed E-state index contributed by atoms with van der Waals surface area (Å²) in [5.74, 6) is 0.160. The average molecular weight is 332 g/mol. The van der Waals surface area contributed by atoms with Gasteiger partial charge in [0.05, 0.1) is 6.04 Å². The Morgan fingerprint density at radius 3 is 2.75 bits per heavy atom. The molecule has 0 aliphatic carbocycles. The van der Waals surface area contributed by atoms with Crippen molar-refractivity contribution in [2.24, 2.45) is 5.41 Å². The fourth-order valence-corrected chi connectivity index (χ4v) is 3.27. The first-order valence-corrected chi connectivity index (χ1v) is 9.18. The van der Waals surface area contributed by atoms with E-state index in [0.29, 0.717) is 6.54 Å². The highest BCUT2D eigenvalue weighted by Crippen LogP contribution is 2.21. The summed E-state index contributed by atoms with van der Waals surface area (Å²) in [7, 11) is 0. The lowest BCUT2D eigenvalue weighted by molar-refractivity contribution is -0.127. The van der Waals surface area contributed by atoms with Gasteiger partial charge in [0.1, 0.15) is 0 Å². The third-order valence-electron chi connectivity index (χ3n) is 4.90. The van der Waals surface area contributed by atoms with Crippen molar-refractivity contribution >= 4 is 5.91 Å². The van der Waals surface area contributed by atoms with E-state index in [0.717, 1.165) is 38.8 Å². The van der Waals surface area contributed by atoms with Crippen molar-refractivity contribution in [3.05, 3.63) is 35.9 Å². The number of rotatable bonds is 8. The van der Waals surface area contributed by atoms with Crippen LogP contribution in [0.15, 0.2) is 30.3 Å². The lowest BCUT2D eigenvalue weighted by Gasteiger charge is -2.34. The Balaban J connectivity index is 1.82. The maximum absolute atomic E-state index is 12.6. The van der Waals surface area contributed by atoms with Crippen LogP contribution in [-0.2, 0) is 11.3 Å². The fourth-order valence-electron chi connectivity index (χ4n) is 3.27. The van der Waals surface area contributed by atoms with Crippen LogP contribution in [0.2, 0.25) is 0 Å². The van der Waals surface area contributed by atoms with E-state index in [1.54, 1.807) is 0 Å². The minimum atomic E-state index is -0.0606. The molecule has 1 aromatic rings. The van der Waals surface area contributed by atoms with Crippen LogP contribution < -0.4 is 5.32 Å². The van der Waals surface area contributed by atoms with Crippen molar-refractivity contribution in [3.63, 3.8) is 0 Å². The van der Waals surface area contributed by atoms with Crippen molar-refractivity contribution in [2.45, 2.75) is 58.5 Å². The normalized spacial score (nSPS) is 19.2. The van der Waals surface area contributed by atoms with Crippen LogP contribution in [0.1, 0.15) is 51.5 Å². The van der Waals surface area contributed by atoms with Crippen LogP contribution in [0.5, 0.6) is 0 Å². The van der Waals surface area contributed by atoms with E-state index >= 15 is 0 Å². The standard InChI is InChI=1S/C20H32N2O2/c1-20(2,16-23)12-8-13-21-19(24)18-11-6-7-14-22(18)15-17-9-4-3-5-10-17/h3-5,9-10,18,23H,6-8,11-16H2,1-2H3,(H,21,24). The summed E-state index contributed by atoms with van der Waals surface area (Å²) >= 11 is 0. The average Bonchev–Trinajstić information content (AvgIpc) is 2.60. The van der Waals surface area contributed by atoms with Gasteiger partial charge in [0, 0.05) is 19.7 Å². The number of aliphatic hydroxyl groups excluding tert-OH is 1. The lowest BCUT2D eigenvalue weighted by Crippen LogP contribution is -2.49. The van der Waals surface area contributed by atoms with Crippen molar-refractivity contribution in [1.29, 1.82) is 0 Å². The number of likely N-dealkylation sites (tertiary alicyclic amines) is 1. The first-order valence-electron chi connectivity index (χ1n) is 9.18. The van der Waals surface area contributed by atoms with E-state index < -0.39 is 0 Å². The molecule has 1 aliphatic heterocycles. The topological polar surface area (TPSA) is 52.6 Å². The summed E-state index contributed by atoms with van der Waals surface area (Å²) < 4.78 is 0. The van der Waals surface area contributed by atoms with Crippen LogP contribution in [0, 0.1) is 5.41 Å². The summed E-state index contributed by atoms with van der Waals surface area (Å²) in [5.41, 5.74) is 1.21. The summed E-state index contributed by atoms with van der Waals surface area (Å²) in [6.07, 6.45) is 5.07. The summed E-state index contributed by atoms with van der Waals surface area (Å²) in [6, 6.07) is 10.4. The number of carbonyl (C=O) groups excluding carboxylic acids is 1. The van der Waals surface area contributed by atoms with E-state index in [-0.39, 0.29) is 24.0 Å². The molecule has 4 nitrogen and oxygen atoms in total. The minimum absolute atomic E-state index is 0.00944. The molecule has 134 valence electrons. The molecular weight excluding hydrogens is 300 g/mol. The van der Waals surface area contributed by atoms with Gasteiger partial charge in [-0.3, -0.25) is 9.69 Å². The molecule has 4 heteroatoms. The van der Waals surface area contributed by atoms with Crippen molar-refractivity contribution in [2.75, 3.05) is 19.7 Å². The smallest absolute Gasteiger partial charge is 0.237 e. The Bertz CT molecular complexity index is 502.